The van der Waals surface area contributed by atoms with Gasteiger partial charge in [0.1, 0.15) is 0 Å². The molecule has 1 aromatic heterocycles. The molecule has 0 saturated carbocycles. The molecule has 0 saturated heterocycles. The lowest BCUT2D eigenvalue weighted by Gasteiger charge is -2.16. The van der Waals surface area contributed by atoms with Gasteiger partial charge in [-0.1, -0.05) is 30.3 Å². The maximum atomic E-state index is 12.3. The van der Waals surface area contributed by atoms with E-state index in [9.17, 15) is 14.4 Å². The van der Waals surface area contributed by atoms with Crippen LogP contribution in [0.2, 0.25) is 0 Å². The lowest BCUT2D eigenvalue weighted by atomic mass is 10.2. The van der Waals surface area contributed by atoms with Gasteiger partial charge < -0.3 is 20.5 Å². The molecule has 7 heteroatoms. The minimum atomic E-state index is -0.340. The number of amides is 2. The Morgan fingerprint density at radius 3 is 2.29 bits per heavy atom. The van der Waals surface area contributed by atoms with Crippen molar-refractivity contribution in [2.45, 2.75) is 13.0 Å². The predicted molar refractivity (Wildman–Crippen MR) is 121 cm³/mol. The van der Waals surface area contributed by atoms with Crippen LogP contribution in [0.25, 0.3) is 0 Å². The van der Waals surface area contributed by atoms with Crippen LogP contribution in [0.4, 0.5) is 5.69 Å². The molecule has 3 aromatic rings. The van der Waals surface area contributed by atoms with Gasteiger partial charge in [-0.05, 0) is 55.9 Å². The first-order valence-electron chi connectivity index (χ1n) is 10.1. The molecule has 0 unspecified atom stereocenters. The molecule has 2 amide bonds. The third kappa shape index (κ3) is 6.94. The number of anilines is 1. The van der Waals surface area contributed by atoms with Gasteiger partial charge in [0.05, 0.1) is 5.56 Å². The third-order valence-electron chi connectivity index (χ3n) is 4.75. The van der Waals surface area contributed by atoms with E-state index >= 15 is 0 Å². The number of carbonyl (C=O) groups is 2. The molecule has 1 heterocycles. The van der Waals surface area contributed by atoms with Crippen LogP contribution in [0.3, 0.4) is 0 Å². The second-order valence-corrected chi connectivity index (χ2v) is 7.31. The summed E-state index contributed by atoms with van der Waals surface area (Å²) in [5.41, 5.74) is 2.44. The van der Waals surface area contributed by atoms with E-state index in [1.807, 2.05) is 18.2 Å². The number of pyridine rings is 1. The maximum absolute atomic E-state index is 12.3. The topological polar surface area (TPSA) is 94.3 Å². The Morgan fingerprint density at radius 1 is 0.903 bits per heavy atom. The number of benzene rings is 2. The molecular weight excluding hydrogens is 392 g/mol. The molecule has 0 radical (unpaired) electrons. The summed E-state index contributed by atoms with van der Waals surface area (Å²) in [6, 6.07) is 19.7. The fourth-order valence-corrected chi connectivity index (χ4v) is 3.09. The van der Waals surface area contributed by atoms with E-state index in [1.54, 1.807) is 24.3 Å². The zero-order valence-electron chi connectivity index (χ0n) is 17.4. The van der Waals surface area contributed by atoms with Gasteiger partial charge >= 0.3 is 0 Å². The highest BCUT2D eigenvalue weighted by Crippen LogP contribution is 2.11. The van der Waals surface area contributed by atoms with E-state index in [1.165, 1.54) is 23.9 Å². The van der Waals surface area contributed by atoms with Gasteiger partial charge in [-0.15, -0.1) is 0 Å². The largest absolute Gasteiger partial charge is 0.352 e. The van der Waals surface area contributed by atoms with E-state index in [-0.39, 0.29) is 17.4 Å². The summed E-state index contributed by atoms with van der Waals surface area (Å²) in [5.74, 6) is -0.489. The Morgan fingerprint density at radius 2 is 1.61 bits per heavy atom. The highest BCUT2D eigenvalue weighted by molar-refractivity contribution is 6.04. The Bertz CT molecular complexity index is 1040. The van der Waals surface area contributed by atoms with Crippen LogP contribution in [-0.4, -0.2) is 41.8 Å². The molecule has 3 N–H and O–H groups in total. The lowest BCUT2D eigenvalue weighted by Crippen LogP contribution is -2.28. The number of aromatic nitrogens is 1. The van der Waals surface area contributed by atoms with Crippen LogP contribution in [0, 0.1) is 0 Å². The van der Waals surface area contributed by atoms with Crippen molar-refractivity contribution >= 4 is 17.5 Å². The fourth-order valence-electron chi connectivity index (χ4n) is 3.09. The van der Waals surface area contributed by atoms with Crippen molar-refractivity contribution < 1.29 is 9.59 Å². The molecule has 0 spiro atoms. The SMILES string of the molecule is CN(CCCNC(=O)c1ccc(NC(=O)c2ccc(=O)[nH]c2)cc1)Cc1ccccc1. The average molecular weight is 418 g/mol. The zero-order chi connectivity index (χ0) is 22.1. The summed E-state index contributed by atoms with van der Waals surface area (Å²) in [6.45, 7) is 2.34. The normalized spacial score (nSPS) is 10.6. The van der Waals surface area contributed by atoms with Gasteiger partial charge in [-0.2, -0.15) is 0 Å². The summed E-state index contributed by atoms with van der Waals surface area (Å²) in [4.78, 5) is 40.3. The Hall–Kier alpha value is -3.71. The van der Waals surface area contributed by atoms with Crippen molar-refractivity contribution in [2.24, 2.45) is 0 Å². The van der Waals surface area contributed by atoms with Gasteiger partial charge in [0.25, 0.3) is 11.8 Å². The number of hydrogen-bond donors (Lipinski definition) is 3. The highest BCUT2D eigenvalue weighted by Gasteiger charge is 2.08. The van der Waals surface area contributed by atoms with Crippen molar-refractivity contribution in [1.82, 2.24) is 15.2 Å². The Kier molecular flexibility index (Phi) is 7.73. The number of carbonyl (C=O) groups excluding carboxylic acids is 2. The van der Waals surface area contributed by atoms with E-state index in [0.29, 0.717) is 23.4 Å². The number of nitrogens with one attached hydrogen (secondary N) is 3. The Balaban J connectivity index is 1.41. The Labute approximate surface area is 181 Å². The number of nitrogens with zero attached hydrogens (tertiary/aromatic N) is 1. The summed E-state index contributed by atoms with van der Waals surface area (Å²) in [5, 5.41) is 5.65. The molecule has 160 valence electrons. The van der Waals surface area contributed by atoms with E-state index < -0.39 is 0 Å². The minimum Gasteiger partial charge on any atom is -0.352 e. The molecule has 2 aromatic carbocycles. The van der Waals surface area contributed by atoms with Crippen LogP contribution in [0.15, 0.2) is 77.7 Å². The third-order valence-corrected chi connectivity index (χ3v) is 4.75. The van der Waals surface area contributed by atoms with Gasteiger partial charge in [0.2, 0.25) is 5.56 Å². The minimum absolute atomic E-state index is 0.149. The number of hydrogen-bond acceptors (Lipinski definition) is 4. The monoisotopic (exact) mass is 418 g/mol. The van der Waals surface area contributed by atoms with Crippen molar-refractivity contribution in [3.63, 3.8) is 0 Å². The van der Waals surface area contributed by atoms with Gasteiger partial charge in [-0.3, -0.25) is 14.4 Å². The summed E-state index contributed by atoms with van der Waals surface area (Å²) in [7, 11) is 2.06. The zero-order valence-corrected chi connectivity index (χ0v) is 17.4. The smallest absolute Gasteiger partial charge is 0.257 e. The van der Waals surface area contributed by atoms with Crippen LogP contribution < -0.4 is 16.2 Å². The van der Waals surface area contributed by atoms with Crippen LogP contribution in [0.5, 0.6) is 0 Å². The van der Waals surface area contributed by atoms with Crippen LogP contribution in [0.1, 0.15) is 32.7 Å². The standard InChI is InChI=1S/C24H26N4O3/c1-28(17-18-6-3-2-4-7-18)15-5-14-25-23(30)19-8-11-21(12-9-19)27-24(31)20-10-13-22(29)26-16-20/h2-4,6-13,16H,5,14-15,17H2,1H3,(H,25,30)(H,26,29)(H,27,31). The molecule has 0 aliphatic rings. The van der Waals surface area contributed by atoms with E-state index in [4.69, 9.17) is 0 Å². The van der Waals surface area contributed by atoms with Crippen molar-refractivity contribution in [2.75, 3.05) is 25.5 Å². The predicted octanol–water partition coefficient (Wildman–Crippen LogP) is 2.88. The van der Waals surface area contributed by atoms with E-state index in [0.717, 1.165) is 19.5 Å². The molecule has 0 aliphatic carbocycles. The number of aromatic amines is 1. The highest BCUT2D eigenvalue weighted by atomic mass is 16.2. The maximum Gasteiger partial charge on any atom is 0.257 e. The number of rotatable bonds is 9. The van der Waals surface area contributed by atoms with E-state index in [2.05, 4.69) is 39.7 Å². The molecule has 0 bridgehead atoms. The second-order valence-electron chi connectivity index (χ2n) is 7.31. The van der Waals surface area contributed by atoms with Crippen molar-refractivity contribution in [3.8, 4) is 0 Å². The first kappa shape index (κ1) is 22.0. The molecule has 0 fully saturated rings. The first-order chi connectivity index (χ1) is 15.0. The van der Waals surface area contributed by atoms with Crippen LogP contribution >= 0.6 is 0 Å². The van der Waals surface area contributed by atoms with Crippen molar-refractivity contribution in [1.29, 1.82) is 0 Å². The lowest BCUT2D eigenvalue weighted by molar-refractivity contribution is 0.0951. The summed E-state index contributed by atoms with van der Waals surface area (Å²) >= 11 is 0. The summed E-state index contributed by atoms with van der Waals surface area (Å²) < 4.78 is 0. The molecule has 7 nitrogen and oxygen atoms in total. The first-order valence-corrected chi connectivity index (χ1v) is 10.1. The fraction of sp³-hybridized carbons (Fsp3) is 0.208. The van der Waals surface area contributed by atoms with Crippen molar-refractivity contribution in [3.05, 3.63) is 100.0 Å². The average Bonchev–Trinajstić information content (AvgIpc) is 2.78. The quantitative estimate of drug-likeness (QED) is 0.466. The molecule has 0 atom stereocenters. The molecule has 31 heavy (non-hydrogen) atoms. The van der Waals surface area contributed by atoms with Gasteiger partial charge in [-0.25, -0.2) is 0 Å². The molecule has 3 rings (SSSR count). The molecule has 0 aliphatic heterocycles. The van der Waals surface area contributed by atoms with Gasteiger partial charge in [0, 0.05) is 36.6 Å². The second kappa shape index (κ2) is 10.9. The molecular formula is C24H26N4O3. The van der Waals surface area contributed by atoms with Crippen LogP contribution in [-0.2, 0) is 6.54 Å². The van der Waals surface area contributed by atoms with Gasteiger partial charge in [0.15, 0.2) is 0 Å². The number of H-pyrrole nitrogens is 1. The summed E-state index contributed by atoms with van der Waals surface area (Å²) in [6.07, 6.45) is 2.21.